The zero-order chi connectivity index (χ0) is 29.3. The molecule has 0 N–H and O–H groups in total. The fourth-order valence-electron chi connectivity index (χ4n) is 4.68. The molecule has 0 spiro atoms. The number of aliphatic imine (C=N–C) groups is 1. The minimum Gasteiger partial charge on any atom is -0.494 e. The van der Waals surface area contributed by atoms with E-state index in [1.54, 1.807) is 11.8 Å². The molecule has 1 aliphatic carbocycles. The average molecular weight is 540 g/mol. The molecule has 1 aliphatic rings. The van der Waals surface area contributed by atoms with Crippen LogP contribution in [0, 0.1) is 11.3 Å². The highest BCUT2D eigenvalue weighted by molar-refractivity contribution is 6.16. The first kappa shape index (κ1) is 32.3. The maximum absolute atomic E-state index is 12.7. The summed E-state index contributed by atoms with van der Waals surface area (Å²) in [5, 5.41) is 9.50. The predicted molar refractivity (Wildman–Crippen MR) is 169 cm³/mol. The Bertz CT molecular complexity index is 1260. The minimum atomic E-state index is -0.0626. The first-order valence-corrected chi connectivity index (χ1v) is 14.7. The molecule has 40 heavy (non-hydrogen) atoms. The third-order valence-corrected chi connectivity index (χ3v) is 6.53. The largest absolute Gasteiger partial charge is 0.494 e. The molecule has 0 unspecified atom stereocenters. The Labute approximate surface area is 241 Å². The van der Waals surface area contributed by atoms with E-state index in [9.17, 15) is 10.1 Å². The van der Waals surface area contributed by atoms with Crippen LogP contribution in [0.2, 0.25) is 0 Å². The van der Waals surface area contributed by atoms with Crippen LogP contribution in [0.5, 0.6) is 5.75 Å². The van der Waals surface area contributed by atoms with Gasteiger partial charge in [0.05, 0.1) is 23.9 Å². The van der Waals surface area contributed by atoms with E-state index in [2.05, 4.69) is 31.2 Å². The summed E-state index contributed by atoms with van der Waals surface area (Å²) in [6.07, 6.45) is 12.9. The third-order valence-electron chi connectivity index (χ3n) is 6.53. The molecule has 0 radical (unpaired) electrons. The van der Waals surface area contributed by atoms with Gasteiger partial charge in [-0.2, -0.15) is 5.26 Å². The van der Waals surface area contributed by atoms with E-state index >= 15 is 0 Å². The van der Waals surface area contributed by atoms with Gasteiger partial charge in [0, 0.05) is 19.0 Å². The van der Waals surface area contributed by atoms with Gasteiger partial charge in [-0.25, -0.2) is 4.99 Å². The summed E-state index contributed by atoms with van der Waals surface area (Å²) in [5.74, 6) is 1.46. The van der Waals surface area contributed by atoms with Crippen molar-refractivity contribution < 1.29 is 9.53 Å². The van der Waals surface area contributed by atoms with Crippen LogP contribution >= 0.6 is 0 Å². The number of rotatable bonds is 10. The molecule has 0 bridgehead atoms. The smallest absolute Gasteiger partial charge is 0.229 e. The zero-order valence-corrected chi connectivity index (χ0v) is 25.2. The molecule has 0 atom stereocenters. The average Bonchev–Trinajstić information content (AvgIpc) is 3.23. The monoisotopic (exact) mass is 539 g/mol. The quantitative estimate of drug-likeness (QED) is 0.223. The summed E-state index contributed by atoms with van der Waals surface area (Å²) < 4.78 is 5.56. The molecular weight excluding hydrogens is 494 g/mol. The number of carbonyl (C=O) groups excluding carboxylic acids is 1. The van der Waals surface area contributed by atoms with Crippen molar-refractivity contribution in [3.8, 4) is 11.8 Å². The van der Waals surface area contributed by atoms with E-state index in [4.69, 9.17) is 9.73 Å². The third kappa shape index (κ3) is 9.38. The molecule has 1 amide bonds. The lowest BCUT2D eigenvalue weighted by Gasteiger charge is -2.23. The lowest BCUT2D eigenvalue weighted by Crippen LogP contribution is -2.35. The standard InChI is InChI=1S/C33H39N3O2.C2H6/c1-5-11-29(35-33(6-2)36(25(4)37)30-20-22-31(23-21-30)38-7-3)19-17-26-12-10-14-27(18-16-26)32-15-9-8-13-28(32)24-34;1-2/h8-9,13,15-16,18-23H,5-7,10-12,14,17H2,1-4H3;1-2H3/b29-19+,35-33?;. The Morgan fingerprint density at radius 3 is 2.40 bits per heavy atom. The predicted octanol–water partition coefficient (Wildman–Crippen LogP) is 9.41. The summed E-state index contributed by atoms with van der Waals surface area (Å²) in [5.41, 5.74) is 6.13. The highest BCUT2D eigenvalue weighted by atomic mass is 16.5. The molecule has 0 aliphatic heterocycles. The fourth-order valence-corrected chi connectivity index (χ4v) is 4.68. The molecule has 0 saturated heterocycles. The highest BCUT2D eigenvalue weighted by Crippen LogP contribution is 2.29. The van der Waals surface area contributed by atoms with Crippen molar-refractivity contribution in [2.75, 3.05) is 11.5 Å². The second-order valence-electron chi connectivity index (χ2n) is 9.34. The first-order chi connectivity index (χ1) is 19.5. The van der Waals surface area contributed by atoms with Crippen LogP contribution < -0.4 is 9.64 Å². The number of amidine groups is 1. The summed E-state index contributed by atoms with van der Waals surface area (Å²) >= 11 is 0. The maximum atomic E-state index is 12.7. The van der Waals surface area contributed by atoms with E-state index in [0.717, 1.165) is 72.6 Å². The molecule has 0 saturated carbocycles. The second-order valence-corrected chi connectivity index (χ2v) is 9.34. The number of hydrogen-bond donors (Lipinski definition) is 0. The number of amides is 1. The Morgan fingerprint density at radius 2 is 1.77 bits per heavy atom. The van der Waals surface area contributed by atoms with E-state index in [1.165, 1.54) is 11.1 Å². The number of carbonyl (C=O) groups is 1. The highest BCUT2D eigenvalue weighted by Gasteiger charge is 2.18. The van der Waals surface area contributed by atoms with Crippen molar-refractivity contribution in [2.45, 2.75) is 86.5 Å². The molecule has 5 heteroatoms. The van der Waals surface area contributed by atoms with Crippen molar-refractivity contribution in [1.82, 2.24) is 0 Å². The summed E-state index contributed by atoms with van der Waals surface area (Å²) in [6.45, 7) is 12.3. The van der Waals surface area contributed by atoms with Gasteiger partial charge in [0.1, 0.15) is 11.6 Å². The summed E-state index contributed by atoms with van der Waals surface area (Å²) in [6, 6.07) is 17.7. The molecule has 3 rings (SSSR count). The first-order valence-electron chi connectivity index (χ1n) is 14.7. The molecule has 5 nitrogen and oxygen atoms in total. The van der Waals surface area contributed by atoms with Crippen molar-refractivity contribution >= 4 is 23.0 Å². The van der Waals surface area contributed by atoms with Crippen LogP contribution in [0.4, 0.5) is 5.69 Å². The molecule has 0 heterocycles. The van der Waals surface area contributed by atoms with E-state index in [0.29, 0.717) is 13.0 Å². The van der Waals surface area contributed by atoms with Gasteiger partial charge in [-0.1, -0.05) is 76.1 Å². The number of allylic oxidation sites excluding steroid dienone is 6. The molecule has 0 aromatic heterocycles. The van der Waals surface area contributed by atoms with Crippen LogP contribution in [0.3, 0.4) is 0 Å². The number of nitrogens with zero attached hydrogens (tertiary/aromatic N) is 3. The molecule has 212 valence electrons. The normalized spacial score (nSPS) is 13.6. The molecule has 0 fully saturated rings. The number of nitriles is 1. The van der Waals surface area contributed by atoms with Gasteiger partial charge in [0.25, 0.3) is 0 Å². The van der Waals surface area contributed by atoms with Gasteiger partial charge in [-0.15, -0.1) is 0 Å². The van der Waals surface area contributed by atoms with Crippen LogP contribution in [0.25, 0.3) is 5.57 Å². The zero-order valence-electron chi connectivity index (χ0n) is 25.2. The van der Waals surface area contributed by atoms with E-state index in [1.807, 2.05) is 76.2 Å². The fraction of sp³-hybridized carbons (Fsp3) is 0.400. The summed E-state index contributed by atoms with van der Waals surface area (Å²) in [7, 11) is 0. The van der Waals surface area contributed by atoms with Gasteiger partial charge < -0.3 is 4.74 Å². The van der Waals surface area contributed by atoms with Crippen molar-refractivity contribution in [3.63, 3.8) is 0 Å². The maximum Gasteiger partial charge on any atom is 0.229 e. The molecule has 2 aromatic carbocycles. The van der Waals surface area contributed by atoms with Gasteiger partial charge in [0.15, 0.2) is 0 Å². The second kappa shape index (κ2) is 17.6. The lowest BCUT2D eigenvalue weighted by atomic mass is 9.96. The van der Waals surface area contributed by atoms with Gasteiger partial charge >= 0.3 is 0 Å². The van der Waals surface area contributed by atoms with Crippen LogP contribution in [-0.2, 0) is 4.79 Å². The van der Waals surface area contributed by atoms with E-state index < -0.39 is 0 Å². The number of ether oxygens (including phenoxy) is 1. The number of anilines is 1. The Morgan fingerprint density at radius 1 is 1.05 bits per heavy atom. The Hall–Kier alpha value is -3.91. The SMILES string of the molecule is CC.CCC/C(=C\CC1=CC=C(c2ccccc2C#N)CCC1)N=C(CC)N(C(C)=O)c1ccc(OCC)cc1. The Balaban J connectivity index is 0.00000274. The van der Waals surface area contributed by atoms with Gasteiger partial charge in [0.2, 0.25) is 5.91 Å². The lowest BCUT2D eigenvalue weighted by molar-refractivity contribution is -0.115. The Kier molecular flexibility index (Phi) is 14.2. The van der Waals surface area contributed by atoms with Crippen molar-refractivity contribution in [2.24, 2.45) is 4.99 Å². The van der Waals surface area contributed by atoms with Crippen molar-refractivity contribution in [3.05, 3.63) is 89.2 Å². The molecule has 2 aromatic rings. The minimum absolute atomic E-state index is 0.0626. The van der Waals surface area contributed by atoms with Crippen LogP contribution in [0.1, 0.15) is 97.6 Å². The van der Waals surface area contributed by atoms with Crippen LogP contribution in [0.15, 0.2) is 83.0 Å². The van der Waals surface area contributed by atoms with Crippen molar-refractivity contribution in [1.29, 1.82) is 5.26 Å². The number of hydrogen-bond acceptors (Lipinski definition) is 4. The van der Waals surface area contributed by atoms with E-state index in [-0.39, 0.29) is 5.91 Å². The van der Waals surface area contributed by atoms with Crippen LogP contribution in [-0.4, -0.2) is 18.3 Å². The van der Waals surface area contributed by atoms with Gasteiger partial charge in [-0.05, 0) is 80.5 Å². The van der Waals surface area contributed by atoms with Gasteiger partial charge in [-0.3, -0.25) is 9.69 Å². The molecular formula is C35H45N3O2. The topological polar surface area (TPSA) is 65.7 Å². The summed E-state index contributed by atoms with van der Waals surface area (Å²) in [4.78, 5) is 19.4. The number of benzene rings is 2.